The molecule has 0 atom stereocenters. The van der Waals surface area contributed by atoms with E-state index in [1.54, 1.807) is 6.20 Å². The van der Waals surface area contributed by atoms with E-state index >= 15 is 0 Å². The zero-order valence-electron chi connectivity index (χ0n) is 9.72. The Kier molecular flexibility index (Phi) is 3.84. The summed E-state index contributed by atoms with van der Waals surface area (Å²) in [5.41, 5.74) is 2.08. The van der Waals surface area contributed by atoms with Crippen LogP contribution in [0.4, 0.5) is 0 Å². The number of carbonyl (C=O) groups excluding carboxylic acids is 1. The van der Waals surface area contributed by atoms with Crippen molar-refractivity contribution >= 4 is 17.5 Å². The van der Waals surface area contributed by atoms with Gasteiger partial charge in [-0.2, -0.15) is 0 Å². The lowest BCUT2D eigenvalue weighted by molar-refractivity contribution is 0.0944. The van der Waals surface area contributed by atoms with E-state index in [9.17, 15) is 4.79 Å². The average Bonchev–Trinajstić information content (AvgIpc) is 2.38. The number of hydrogen-bond acceptors (Lipinski definition) is 4. The number of pyridine rings is 1. The molecule has 2 aromatic rings. The van der Waals surface area contributed by atoms with E-state index in [0.29, 0.717) is 6.54 Å². The first kappa shape index (κ1) is 12.4. The van der Waals surface area contributed by atoms with Crippen LogP contribution >= 0.6 is 11.6 Å². The predicted octanol–water partition coefficient (Wildman–Crippen LogP) is 1.76. The third-order valence-corrected chi connectivity index (χ3v) is 2.60. The monoisotopic (exact) mass is 262 g/mol. The van der Waals surface area contributed by atoms with Crippen LogP contribution in [0, 0.1) is 6.92 Å². The van der Waals surface area contributed by atoms with Gasteiger partial charge in [0.1, 0.15) is 0 Å². The molecule has 5 nitrogen and oxygen atoms in total. The molecule has 18 heavy (non-hydrogen) atoms. The number of nitrogens with zero attached hydrogens (tertiary/aromatic N) is 3. The second kappa shape index (κ2) is 5.55. The van der Waals surface area contributed by atoms with Gasteiger partial charge in [-0.3, -0.25) is 9.78 Å². The SMILES string of the molecule is Cc1cccnc1CNC(=O)c1ccc(Cl)nn1. The number of halogens is 1. The van der Waals surface area contributed by atoms with E-state index in [1.807, 2.05) is 19.1 Å². The van der Waals surface area contributed by atoms with Crippen LogP contribution in [-0.4, -0.2) is 21.1 Å². The number of hydrogen-bond donors (Lipinski definition) is 1. The van der Waals surface area contributed by atoms with Gasteiger partial charge in [0.25, 0.3) is 5.91 Å². The van der Waals surface area contributed by atoms with Gasteiger partial charge in [-0.05, 0) is 30.7 Å². The highest BCUT2D eigenvalue weighted by molar-refractivity contribution is 6.29. The molecule has 0 spiro atoms. The van der Waals surface area contributed by atoms with Gasteiger partial charge in [0.2, 0.25) is 0 Å². The molecule has 0 bridgehead atoms. The van der Waals surface area contributed by atoms with Gasteiger partial charge in [0.05, 0.1) is 12.2 Å². The summed E-state index contributed by atoms with van der Waals surface area (Å²) >= 11 is 5.59. The van der Waals surface area contributed by atoms with Crippen molar-refractivity contribution in [2.75, 3.05) is 0 Å². The van der Waals surface area contributed by atoms with Crippen molar-refractivity contribution in [2.45, 2.75) is 13.5 Å². The zero-order chi connectivity index (χ0) is 13.0. The fraction of sp³-hybridized carbons (Fsp3) is 0.167. The van der Waals surface area contributed by atoms with E-state index < -0.39 is 0 Å². The van der Waals surface area contributed by atoms with Crippen molar-refractivity contribution in [3.8, 4) is 0 Å². The lowest BCUT2D eigenvalue weighted by atomic mass is 10.2. The molecule has 0 aliphatic rings. The Morgan fingerprint density at radius 2 is 2.17 bits per heavy atom. The van der Waals surface area contributed by atoms with E-state index in [0.717, 1.165) is 11.3 Å². The first-order valence-corrected chi connectivity index (χ1v) is 5.72. The fourth-order valence-corrected chi connectivity index (χ4v) is 1.50. The quantitative estimate of drug-likeness (QED) is 0.915. The maximum Gasteiger partial charge on any atom is 0.272 e. The molecule has 1 amide bonds. The van der Waals surface area contributed by atoms with Crippen LogP contribution < -0.4 is 5.32 Å². The summed E-state index contributed by atoms with van der Waals surface area (Å²) in [6.45, 7) is 2.30. The van der Waals surface area contributed by atoms with Crippen LogP contribution in [0.5, 0.6) is 0 Å². The summed E-state index contributed by atoms with van der Waals surface area (Å²) in [5.74, 6) is -0.302. The van der Waals surface area contributed by atoms with Gasteiger partial charge in [0.15, 0.2) is 10.8 Å². The van der Waals surface area contributed by atoms with Crippen molar-refractivity contribution in [1.29, 1.82) is 0 Å². The largest absolute Gasteiger partial charge is 0.345 e. The average molecular weight is 263 g/mol. The van der Waals surface area contributed by atoms with Crippen LogP contribution in [0.1, 0.15) is 21.7 Å². The Morgan fingerprint density at radius 3 is 2.83 bits per heavy atom. The van der Waals surface area contributed by atoms with Crippen LogP contribution in [0.2, 0.25) is 5.15 Å². The van der Waals surface area contributed by atoms with Crippen molar-refractivity contribution in [1.82, 2.24) is 20.5 Å². The van der Waals surface area contributed by atoms with Gasteiger partial charge in [0, 0.05) is 6.20 Å². The Morgan fingerprint density at radius 1 is 1.33 bits per heavy atom. The van der Waals surface area contributed by atoms with Gasteiger partial charge in [-0.25, -0.2) is 0 Å². The molecule has 0 unspecified atom stereocenters. The summed E-state index contributed by atoms with van der Waals surface area (Å²) in [4.78, 5) is 15.9. The van der Waals surface area contributed by atoms with Crippen LogP contribution in [-0.2, 0) is 6.54 Å². The molecule has 0 aliphatic heterocycles. The number of aryl methyl sites for hydroxylation is 1. The molecule has 2 rings (SSSR count). The van der Waals surface area contributed by atoms with Gasteiger partial charge in [-0.15, -0.1) is 10.2 Å². The molecule has 0 saturated carbocycles. The van der Waals surface area contributed by atoms with Gasteiger partial charge < -0.3 is 5.32 Å². The molecule has 0 saturated heterocycles. The summed E-state index contributed by atoms with van der Waals surface area (Å²) < 4.78 is 0. The van der Waals surface area contributed by atoms with Crippen LogP contribution in [0.3, 0.4) is 0 Å². The number of amides is 1. The fourth-order valence-electron chi connectivity index (χ4n) is 1.40. The van der Waals surface area contributed by atoms with E-state index in [2.05, 4.69) is 20.5 Å². The standard InChI is InChI=1S/C12H11ClN4O/c1-8-3-2-6-14-10(8)7-15-12(18)9-4-5-11(13)17-16-9/h2-6H,7H2,1H3,(H,15,18). The minimum Gasteiger partial charge on any atom is -0.345 e. The highest BCUT2D eigenvalue weighted by Gasteiger charge is 2.08. The highest BCUT2D eigenvalue weighted by atomic mass is 35.5. The highest BCUT2D eigenvalue weighted by Crippen LogP contribution is 2.04. The van der Waals surface area contributed by atoms with Gasteiger partial charge >= 0.3 is 0 Å². The Bertz CT molecular complexity index is 556. The minimum atomic E-state index is -0.302. The Balaban J connectivity index is 2.01. The smallest absolute Gasteiger partial charge is 0.272 e. The van der Waals surface area contributed by atoms with Crippen molar-refractivity contribution in [2.24, 2.45) is 0 Å². The summed E-state index contributed by atoms with van der Waals surface area (Å²) in [6, 6.07) is 6.84. The number of nitrogens with one attached hydrogen (secondary N) is 1. The number of rotatable bonds is 3. The maximum absolute atomic E-state index is 11.8. The third kappa shape index (κ3) is 3.01. The first-order valence-electron chi connectivity index (χ1n) is 5.35. The molecule has 0 aliphatic carbocycles. The molecule has 1 N–H and O–H groups in total. The normalized spacial score (nSPS) is 10.1. The summed E-state index contributed by atoms with van der Waals surface area (Å²) in [6.07, 6.45) is 1.69. The molecule has 92 valence electrons. The summed E-state index contributed by atoms with van der Waals surface area (Å²) in [7, 11) is 0. The molecule has 6 heteroatoms. The zero-order valence-corrected chi connectivity index (χ0v) is 10.5. The number of carbonyl (C=O) groups is 1. The predicted molar refractivity (Wildman–Crippen MR) is 67.2 cm³/mol. The third-order valence-electron chi connectivity index (χ3n) is 2.40. The minimum absolute atomic E-state index is 0.230. The van der Waals surface area contributed by atoms with E-state index in [-0.39, 0.29) is 16.8 Å². The second-order valence-electron chi connectivity index (χ2n) is 3.69. The molecular weight excluding hydrogens is 252 g/mol. The summed E-state index contributed by atoms with van der Waals surface area (Å²) in [5, 5.41) is 10.3. The Hall–Kier alpha value is -2.01. The second-order valence-corrected chi connectivity index (χ2v) is 4.08. The van der Waals surface area contributed by atoms with E-state index in [4.69, 9.17) is 11.6 Å². The molecule has 0 radical (unpaired) electrons. The first-order chi connectivity index (χ1) is 8.66. The van der Waals surface area contributed by atoms with Crippen molar-refractivity contribution in [3.63, 3.8) is 0 Å². The maximum atomic E-state index is 11.8. The molecule has 0 aromatic carbocycles. The number of aromatic nitrogens is 3. The van der Waals surface area contributed by atoms with Gasteiger partial charge in [-0.1, -0.05) is 17.7 Å². The Labute approximate surface area is 109 Å². The lowest BCUT2D eigenvalue weighted by Gasteiger charge is -2.06. The van der Waals surface area contributed by atoms with Crippen LogP contribution in [0.25, 0.3) is 0 Å². The van der Waals surface area contributed by atoms with E-state index in [1.165, 1.54) is 12.1 Å². The van der Waals surface area contributed by atoms with Crippen LogP contribution in [0.15, 0.2) is 30.5 Å². The van der Waals surface area contributed by atoms with Crippen molar-refractivity contribution < 1.29 is 4.79 Å². The molecule has 2 aromatic heterocycles. The molecule has 0 fully saturated rings. The molecular formula is C12H11ClN4O. The molecule has 2 heterocycles. The topological polar surface area (TPSA) is 67.8 Å². The lowest BCUT2D eigenvalue weighted by Crippen LogP contribution is -2.24. The van der Waals surface area contributed by atoms with Crippen molar-refractivity contribution in [3.05, 3.63) is 52.6 Å².